The largest absolute Gasteiger partial charge is 0.382 e. The van der Waals surface area contributed by atoms with E-state index >= 15 is 0 Å². The minimum atomic E-state index is -1.55. The Hall–Kier alpha value is 0.994. The molecule has 1 unspecified atom stereocenters. The third kappa shape index (κ3) is 8.44. The first-order chi connectivity index (χ1) is 8.43. The van der Waals surface area contributed by atoms with Gasteiger partial charge in [0.15, 0.2) is 8.32 Å². The maximum atomic E-state index is 6.64. The van der Waals surface area contributed by atoms with Crippen LogP contribution in [0.25, 0.3) is 0 Å². The highest BCUT2D eigenvalue weighted by molar-refractivity contribution is 8.10. The van der Waals surface area contributed by atoms with E-state index in [9.17, 15) is 0 Å². The first-order valence-electron chi connectivity index (χ1n) is 7.53. The first kappa shape index (κ1) is 21.0. The molecule has 1 atom stereocenters. The Morgan fingerprint density at radius 1 is 0.850 bits per heavy atom. The molecule has 5 heteroatoms. The predicted molar refractivity (Wildman–Crippen MR) is 106 cm³/mol. The maximum Gasteiger partial charge on any atom is 0.192 e. The smallest absolute Gasteiger partial charge is 0.192 e. The normalized spacial score (nSPS) is 17.3. The summed E-state index contributed by atoms with van der Waals surface area (Å²) >= 11 is 0. The van der Waals surface area contributed by atoms with Gasteiger partial charge in [-0.3, -0.25) is 0 Å². The summed E-state index contributed by atoms with van der Waals surface area (Å²) < 4.78 is 6.64. The van der Waals surface area contributed by atoms with Crippen molar-refractivity contribution < 1.29 is 4.43 Å². The van der Waals surface area contributed by atoms with Gasteiger partial charge >= 0.3 is 0 Å². The Morgan fingerprint density at radius 3 is 1.45 bits per heavy atom. The summed E-state index contributed by atoms with van der Waals surface area (Å²) in [7, 11) is -1.59. The second-order valence-electron chi connectivity index (χ2n) is 9.46. The average molecular weight is 351 g/mol. The van der Waals surface area contributed by atoms with E-state index in [-0.39, 0.29) is 12.6 Å². The van der Waals surface area contributed by atoms with Crippen LogP contribution in [0.2, 0.25) is 39.3 Å². The van der Waals surface area contributed by atoms with Gasteiger partial charge in [-0.25, -0.2) is 0 Å². The van der Waals surface area contributed by atoms with Gasteiger partial charge in [-0.05, 0) is 24.8 Å². The molecule has 0 bridgehead atoms. The zero-order valence-electron chi connectivity index (χ0n) is 15.8. The van der Waals surface area contributed by atoms with E-state index in [0.717, 1.165) is 0 Å². The molecule has 120 valence electrons. The van der Waals surface area contributed by atoms with Gasteiger partial charge in [0.2, 0.25) is 0 Å². The van der Waals surface area contributed by atoms with Crippen molar-refractivity contribution in [2.45, 2.75) is 91.1 Å². The van der Waals surface area contributed by atoms with Crippen molar-refractivity contribution in [1.29, 1.82) is 0 Å². The van der Waals surface area contributed by atoms with Crippen LogP contribution in [0.4, 0.5) is 0 Å². The standard InChI is InChI=1S/C15H36OP2Si2/c1-14(2,3)17-13(16-19(7,8)9)18(15(4,5)6)20(10,11)12/h1-12H3. The lowest BCUT2D eigenvalue weighted by Crippen LogP contribution is -2.37. The number of hydrogen-bond donors (Lipinski definition) is 0. The first-order valence-corrected chi connectivity index (χ1v) is 17.5. The molecule has 0 aromatic heterocycles. The van der Waals surface area contributed by atoms with E-state index in [1.807, 2.05) is 0 Å². The molecule has 0 aliphatic carbocycles. The molecule has 0 amide bonds. The molecule has 0 saturated heterocycles. The van der Waals surface area contributed by atoms with Crippen LogP contribution in [0.5, 0.6) is 0 Å². The molecule has 0 aliphatic rings. The molecule has 0 aromatic rings. The maximum absolute atomic E-state index is 6.64. The Bertz CT molecular complexity index is 338. The Morgan fingerprint density at radius 2 is 1.25 bits per heavy atom. The summed E-state index contributed by atoms with van der Waals surface area (Å²) in [5, 5.41) is 2.05. The van der Waals surface area contributed by atoms with Crippen LogP contribution < -0.4 is 0 Å². The molecule has 0 aromatic carbocycles. The molecule has 0 rings (SSSR count). The second kappa shape index (κ2) is 6.63. The van der Waals surface area contributed by atoms with E-state index < -0.39 is 16.1 Å². The molecule has 0 fully saturated rings. The second-order valence-corrected chi connectivity index (χ2v) is 28.3. The van der Waals surface area contributed by atoms with E-state index in [1.54, 1.807) is 0 Å². The van der Waals surface area contributed by atoms with Crippen molar-refractivity contribution in [1.82, 2.24) is 0 Å². The minimum Gasteiger partial charge on any atom is -0.382 e. The van der Waals surface area contributed by atoms with Crippen molar-refractivity contribution in [3.05, 3.63) is 0 Å². The van der Waals surface area contributed by atoms with E-state index in [2.05, 4.69) is 80.8 Å². The van der Waals surface area contributed by atoms with Crippen molar-refractivity contribution in [2.75, 3.05) is 0 Å². The van der Waals surface area contributed by atoms with Crippen LogP contribution in [-0.4, -0.2) is 31.6 Å². The topological polar surface area (TPSA) is 9.23 Å². The van der Waals surface area contributed by atoms with Gasteiger partial charge in [-0.2, -0.15) is 0 Å². The van der Waals surface area contributed by atoms with E-state index in [0.29, 0.717) is 5.16 Å². The van der Waals surface area contributed by atoms with Crippen molar-refractivity contribution in [3.8, 4) is 0 Å². The van der Waals surface area contributed by atoms with Gasteiger partial charge in [-0.15, -0.1) is 0 Å². The molecular formula is C15H36OP2Si2. The lowest BCUT2D eigenvalue weighted by molar-refractivity contribution is 0.576. The number of rotatable bonds is 4. The molecule has 1 nitrogen and oxygen atoms in total. The number of hydrogen-bond acceptors (Lipinski definition) is 1. The fourth-order valence-electron chi connectivity index (χ4n) is 2.26. The third-order valence-corrected chi connectivity index (χ3v) is 15.7. The molecule has 0 N–H and O–H groups in total. The fraction of sp³-hybridized carbons (Fsp3) is 0.933. The molecule has 0 heterocycles. The Labute approximate surface area is 132 Å². The predicted octanol–water partition coefficient (Wildman–Crippen LogP) is 6.79. The summed E-state index contributed by atoms with van der Waals surface area (Å²) in [5.74, 6) is 0. The highest BCUT2D eigenvalue weighted by Crippen LogP contribution is 2.60. The molecular weight excluding hydrogens is 314 g/mol. The van der Waals surface area contributed by atoms with Gasteiger partial charge in [0.1, 0.15) is 0 Å². The van der Waals surface area contributed by atoms with Crippen LogP contribution in [0.15, 0.2) is 0 Å². The Balaban J connectivity index is 5.88. The average Bonchev–Trinajstić information content (AvgIpc) is 1.87. The fourth-order valence-corrected chi connectivity index (χ4v) is 22.3. The molecule has 0 saturated carbocycles. The van der Waals surface area contributed by atoms with Gasteiger partial charge in [0.05, 0.1) is 13.0 Å². The minimum absolute atomic E-state index is 0.179. The van der Waals surface area contributed by atoms with Gasteiger partial charge in [-0.1, -0.05) is 76.9 Å². The summed E-state index contributed by atoms with van der Waals surface area (Å²) in [5.41, 5.74) is 0. The van der Waals surface area contributed by atoms with Crippen LogP contribution >= 0.6 is 15.7 Å². The molecule has 0 aliphatic heterocycles. The quantitative estimate of drug-likeness (QED) is 0.401. The molecule has 0 spiro atoms. The zero-order valence-corrected chi connectivity index (χ0v) is 19.6. The van der Waals surface area contributed by atoms with Gasteiger partial charge < -0.3 is 4.43 Å². The van der Waals surface area contributed by atoms with Crippen molar-refractivity contribution >= 4 is 37.0 Å². The zero-order chi connectivity index (χ0) is 16.6. The van der Waals surface area contributed by atoms with Crippen LogP contribution in [0.3, 0.4) is 0 Å². The highest BCUT2D eigenvalue weighted by atomic mass is 31.4. The van der Waals surface area contributed by atoms with Crippen LogP contribution in [0, 0.1) is 0 Å². The summed E-state index contributed by atoms with van der Waals surface area (Å²) in [6.07, 6.45) is 0. The van der Waals surface area contributed by atoms with Crippen molar-refractivity contribution in [2.24, 2.45) is 0 Å². The highest BCUT2D eigenvalue weighted by Gasteiger charge is 2.41. The summed E-state index contributed by atoms with van der Waals surface area (Å²) in [4.78, 5) is 0. The van der Waals surface area contributed by atoms with Crippen LogP contribution in [-0.2, 0) is 4.43 Å². The van der Waals surface area contributed by atoms with Crippen LogP contribution in [0.1, 0.15) is 41.5 Å². The molecule has 0 radical (unpaired) electrons. The van der Waals surface area contributed by atoms with Gasteiger partial charge in [0.25, 0.3) is 0 Å². The monoisotopic (exact) mass is 350 g/mol. The third-order valence-electron chi connectivity index (χ3n) is 2.36. The Kier molecular flexibility index (Phi) is 6.96. The molecule has 20 heavy (non-hydrogen) atoms. The van der Waals surface area contributed by atoms with Crippen molar-refractivity contribution in [3.63, 3.8) is 0 Å². The lowest BCUT2D eigenvalue weighted by Gasteiger charge is -2.43. The van der Waals surface area contributed by atoms with Gasteiger partial charge in [0, 0.05) is 5.16 Å². The van der Waals surface area contributed by atoms with E-state index in [4.69, 9.17) is 4.43 Å². The SMILES string of the molecule is CC(C)(C)P=C(O[Si](C)(C)C)P(C(C)(C)C)[Si](C)(C)C. The summed E-state index contributed by atoms with van der Waals surface area (Å²) in [6, 6.07) is 0. The lowest BCUT2D eigenvalue weighted by atomic mass is 10.3. The summed E-state index contributed by atoms with van der Waals surface area (Å²) in [6.45, 7) is 28.6. The van der Waals surface area contributed by atoms with E-state index in [1.165, 1.54) is 13.4 Å².